The first-order valence-electron chi connectivity index (χ1n) is 7.80. The number of rotatable bonds is 8. The number of methoxy groups -OCH3 is 2. The van der Waals surface area contributed by atoms with E-state index in [1.165, 1.54) is 7.11 Å². The predicted molar refractivity (Wildman–Crippen MR) is 92.6 cm³/mol. The molecule has 0 aliphatic carbocycles. The van der Waals surface area contributed by atoms with E-state index in [-0.39, 0.29) is 24.8 Å². The molecule has 25 heavy (non-hydrogen) atoms. The van der Waals surface area contributed by atoms with Gasteiger partial charge in [0.25, 0.3) is 5.91 Å². The van der Waals surface area contributed by atoms with E-state index < -0.39 is 0 Å². The number of amides is 2. The van der Waals surface area contributed by atoms with Crippen molar-refractivity contribution in [2.24, 2.45) is 0 Å². The Bertz CT molecular complexity index is 720. The number of nitrogens with one attached hydrogen (secondary N) is 2. The van der Waals surface area contributed by atoms with E-state index in [1.54, 1.807) is 37.7 Å². The van der Waals surface area contributed by atoms with Gasteiger partial charge in [0, 0.05) is 38.0 Å². The van der Waals surface area contributed by atoms with E-state index in [4.69, 9.17) is 9.47 Å². The van der Waals surface area contributed by atoms with Crippen molar-refractivity contribution in [2.75, 3.05) is 20.8 Å². The van der Waals surface area contributed by atoms with Crippen LogP contribution in [0.5, 0.6) is 11.5 Å². The molecule has 0 aliphatic rings. The molecule has 0 unspecified atom stereocenters. The molecule has 1 heterocycles. The summed E-state index contributed by atoms with van der Waals surface area (Å²) in [5, 5.41) is 5.50. The fourth-order valence-electron chi connectivity index (χ4n) is 2.16. The first kappa shape index (κ1) is 18.3. The lowest BCUT2D eigenvalue weighted by Crippen LogP contribution is -2.30. The molecular weight excluding hydrogens is 322 g/mol. The van der Waals surface area contributed by atoms with Gasteiger partial charge in [0.05, 0.1) is 19.8 Å². The van der Waals surface area contributed by atoms with Gasteiger partial charge in [0.1, 0.15) is 11.5 Å². The van der Waals surface area contributed by atoms with Gasteiger partial charge in [-0.15, -0.1) is 0 Å². The fourth-order valence-corrected chi connectivity index (χ4v) is 2.16. The van der Waals surface area contributed by atoms with E-state index in [0.717, 1.165) is 5.56 Å². The molecule has 1 aromatic carbocycles. The van der Waals surface area contributed by atoms with Crippen LogP contribution >= 0.6 is 0 Å². The van der Waals surface area contributed by atoms with Gasteiger partial charge >= 0.3 is 0 Å². The second-order valence-electron chi connectivity index (χ2n) is 5.20. The standard InChI is InChI=1S/C18H21N3O4/c1-24-14-3-4-15(16(11-14)25-2)18(23)20-10-7-17(22)21-12-13-5-8-19-9-6-13/h3-6,8-9,11H,7,10,12H2,1-2H3,(H,20,23)(H,21,22). The minimum absolute atomic E-state index is 0.140. The first-order chi connectivity index (χ1) is 12.1. The summed E-state index contributed by atoms with van der Waals surface area (Å²) in [5.41, 5.74) is 1.36. The normalized spacial score (nSPS) is 10.0. The van der Waals surface area contributed by atoms with E-state index in [1.807, 2.05) is 12.1 Å². The van der Waals surface area contributed by atoms with Crippen molar-refractivity contribution in [3.05, 3.63) is 53.9 Å². The first-order valence-corrected chi connectivity index (χ1v) is 7.80. The van der Waals surface area contributed by atoms with Crippen LogP contribution in [0.2, 0.25) is 0 Å². The Morgan fingerprint density at radius 2 is 1.80 bits per heavy atom. The summed E-state index contributed by atoms with van der Waals surface area (Å²) in [6.07, 6.45) is 3.53. The zero-order chi connectivity index (χ0) is 18.1. The lowest BCUT2D eigenvalue weighted by atomic mass is 10.1. The molecule has 0 radical (unpaired) electrons. The topological polar surface area (TPSA) is 89.5 Å². The number of hydrogen-bond acceptors (Lipinski definition) is 5. The molecule has 132 valence electrons. The molecule has 0 atom stereocenters. The molecule has 7 nitrogen and oxygen atoms in total. The Balaban J connectivity index is 1.79. The van der Waals surface area contributed by atoms with Crippen LogP contribution in [0.25, 0.3) is 0 Å². The van der Waals surface area contributed by atoms with Crippen molar-refractivity contribution in [2.45, 2.75) is 13.0 Å². The number of nitrogens with zero attached hydrogens (tertiary/aromatic N) is 1. The van der Waals surface area contributed by atoms with Crippen LogP contribution in [-0.4, -0.2) is 37.6 Å². The van der Waals surface area contributed by atoms with E-state index in [2.05, 4.69) is 15.6 Å². The maximum Gasteiger partial charge on any atom is 0.255 e. The lowest BCUT2D eigenvalue weighted by molar-refractivity contribution is -0.121. The molecule has 2 aromatic rings. The molecule has 0 saturated carbocycles. The molecule has 0 aliphatic heterocycles. The van der Waals surface area contributed by atoms with Crippen LogP contribution in [0, 0.1) is 0 Å². The number of carbonyl (C=O) groups is 2. The molecule has 1 aromatic heterocycles. The van der Waals surface area contributed by atoms with Crippen molar-refractivity contribution in [1.29, 1.82) is 0 Å². The minimum Gasteiger partial charge on any atom is -0.497 e. The van der Waals surface area contributed by atoms with Crippen molar-refractivity contribution >= 4 is 11.8 Å². The highest BCUT2D eigenvalue weighted by Crippen LogP contribution is 2.24. The summed E-state index contributed by atoms with van der Waals surface area (Å²) >= 11 is 0. The van der Waals surface area contributed by atoms with Crippen molar-refractivity contribution in [3.63, 3.8) is 0 Å². The van der Waals surface area contributed by atoms with Gasteiger partial charge in [-0.1, -0.05) is 0 Å². The molecule has 2 rings (SSSR count). The third-order valence-electron chi connectivity index (χ3n) is 3.53. The smallest absolute Gasteiger partial charge is 0.255 e. The lowest BCUT2D eigenvalue weighted by Gasteiger charge is -2.11. The monoisotopic (exact) mass is 343 g/mol. The molecular formula is C18H21N3O4. The Morgan fingerprint density at radius 1 is 1.04 bits per heavy atom. The van der Waals surface area contributed by atoms with Crippen LogP contribution in [0.4, 0.5) is 0 Å². The van der Waals surface area contributed by atoms with Crippen molar-refractivity contribution in [1.82, 2.24) is 15.6 Å². The number of hydrogen-bond donors (Lipinski definition) is 2. The number of aromatic nitrogens is 1. The largest absolute Gasteiger partial charge is 0.497 e. The highest BCUT2D eigenvalue weighted by atomic mass is 16.5. The third kappa shape index (κ3) is 5.49. The van der Waals surface area contributed by atoms with E-state index in [0.29, 0.717) is 23.6 Å². The van der Waals surface area contributed by atoms with Crippen LogP contribution in [-0.2, 0) is 11.3 Å². The Labute approximate surface area is 146 Å². The van der Waals surface area contributed by atoms with Gasteiger partial charge in [0.15, 0.2) is 0 Å². The second-order valence-corrected chi connectivity index (χ2v) is 5.20. The van der Waals surface area contributed by atoms with Gasteiger partial charge in [-0.25, -0.2) is 0 Å². The highest BCUT2D eigenvalue weighted by Gasteiger charge is 2.13. The van der Waals surface area contributed by atoms with Gasteiger partial charge < -0.3 is 20.1 Å². The number of pyridine rings is 1. The zero-order valence-corrected chi connectivity index (χ0v) is 14.2. The SMILES string of the molecule is COc1ccc(C(=O)NCCC(=O)NCc2ccncc2)c(OC)c1. The highest BCUT2D eigenvalue weighted by molar-refractivity contribution is 5.97. The summed E-state index contributed by atoms with van der Waals surface area (Å²) < 4.78 is 10.3. The fraction of sp³-hybridized carbons (Fsp3) is 0.278. The molecule has 2 N–H and O–H groups in total. The van der Waals surface area contributed by atoms with Gasteiger partial charge in [-0.2, -0.15) is 0 Å². The van der Waals surface area contributed by atoms with Crippen LogP contribution in [0.1, 0.15) is 22.3 Å². The van der Waals surface area contributed by atoms with Gasteiger partial charge in [-0.3, -0.25) is 14.6 Å². The van der Waals surface area contributed by atoms with Crippen LogP contribution in [0.3, 0.4) is 0 Å². The molecule has 0 fully saturated rings. The Morgan fingerprint density at radius 3 is 2.48 bits per heavy atom. The van der Waals surface area contributed by atoms with Crippen LogP contribution < -0.4 is 20.1 Å². The maximum absolute atomic E-state index is 12.2. The average molecular weight is 343 g/mol. The summed E-state index contributed by atoms with van der Waals surface area (Å²) in [6, 6.07) is 8.60. The molecule has 0 bridgehead atoms. The van der Waals surface area contributed by atoms with E-state index in [9.17, 15) is 9.59 Å². The molecule has 0 saturated heterocycles. The quantitative estimate of drug-likeness (QED) is 0.759. The van der Waals surface area contributed by atoms with Gasteiger partial charge in [0.2, 0.25) is 5.91 Å². The number of benzene rings is 1. The Kier molecular flexibility index (Phi) is 6.76. The Hall–Kier alpha value is -3.09. The van der Waals surface area contributed by atoms with Crippen LogP contribution in [0.15, 0.2) is 42.7 Å². The second kappa shape index (κ2) is 9.27. The van der Waals surface area contributed by atoms with Crippen molar-refractivity contribution in [3.8, 4) is 11.5 Å². The van der Waals surface area contributed by atoms with Crippen molar-refractivity contribution < 1.29 is 19.1 Å². The zero-order valence-electron chi connectivity index (χ0n) is 14.2. The number of carbonyl (C=O) groups excluding carboxylic acids is 2. The summed E-state index contributed by atoms with van der Waals surface area (Å²) in [4.78, 5) is 28.0. The predicted octanol–water partition coefficient (Wildman–Crippen LogP) is 1.54. The summed E-state index contributed by atoms with van der Waals surface area (Å²) in [7, 11) is 3.02. The summed E-state index contributed by atoms with van der Waals surface area (Å²) in [5.74, 6) is 0.572. The molecule has 7 heteroatoms. The third-order valence-corrected chi connectivity index (χ3v) is 3.53. The minimum atomic E-state index is -0.304. The van der Waals surface area contributed by atoms with Gasteiger partial charge in [-0.05, 0) is 29.8 Å². The molecule has 0 spiro atoms. The molecule has 2 amide bonds. The maximum atomic E-state index is 12.2. The summed E-state index contributed by atoms with van der Waals surface area (Å²) in [6.45, 7) is 0.664. The number of ether oxygens (including phenoxy) is 2. The van der Waals surface area contributed by atoms with E-state index >= 15 is 0 Å². The average Bonchev–Trinajstić information content (AvgIpc) is 2.66.